The van der Waals surface area contributed by atoms with Gasteiger partial charge in [0.15, 0.2) is 0 Å². The summed E-state index contributed by atoms with van der Waals surface area (Å²) >= 11 is 0. The molecule has 2 aliphatic rings. The number of piperidine rings is 1. The van der Waals surface area contributed by atoms with E-state index >= 15 is 0 Å². The molecule has 0 aromatic rings. The molecule has 2 heterocycles. The standard InChI is InChI=1S/C11H22N2O/c1-12-7-10-3-2-5-13(8-10)11-4-6-14-9-11/h10-12H,2-9H2,1H3. The van der Waals surface area contributed by atoms with E-state index in [1.54, 1.807) is 0 Å². The molecule has 14 heavy (non-hydrogen) atoms. The van der Waals surface area contributed by atoms with Crippen LogP contribution >= 0.6 is 0 Å². The van der Waals surface area contributed by atoms with Crippen LogP contribution in [0, 0.1) is 5.92 Å². The van der Waals surface area contributed by atoms with Gasteiger partial charge in [0.1, 0.15) is 0 Å². The minimum absolute atomic E-state index is 0.717. The first-order valence-corrected chi connectivity index (χ1v) is 5.86. The van der Waals surface area contributed by atoms with Crippen LogP contribution < -0.4 is 5.32 Å². The van der Waals surface area contributed by atoms with Crippen LogP contribution in [0.3, 0.4) is 0 Å². The highest BCUT2D eigenvalue weighted by atomic mass is 16.5. The topological polar surface area (TPSA) is 24.5 Å². The fourth-order valence-corrected chi connectivity index (χ4v) is 2.69. The second-order valence-electron chi connectivity index (χ2n) is 4.58. The Balaban J connectivity index is 1.80. The molecule has 0 aromatic carbocycles. The Morgan fingerprint density at radius 1 is 1.43 bits per heavy atom. The van der Waals surface area contributed by atoms with Crippen LogP contribution in [0.2, 0.25) is 0 Å². The van der Waals surface area contributed by atoms with Crippen molar-refractivity contribution < 1.29 is 4.74 Å². The third-order valence-corrected chi connectivity index (χ3v) is 3.47. The van der Waals surface area contributed by atoms with E-state index in [2.05, 4.69) is 17.3 Å². The zero-order chi connectivity index (χ0) is 9.80. The highest BCUT2D eigenvalue weighted by molar-refractivity contribution is 4.81. The summed E-state index contributed by atoms with van der Waals surface area (Å²) in [6, 6.07) is 0.717. The first-order chi connectivity index (χ1) is 6.90. The van der Waals surface area contributed by atoms with Gasteiger partial charge in [-0.05, 0) is 45.3 Å². The van der Waals surface area contributed by atoms with E-state index in [1.165, 1.54) is 38.9 Å². The van der Waals surface area contributed by atoms with Gasteiger partial charge in [-0.2, -0.15) is 0 Å². The average molecular weight is 198 g/mol. The summed E-state index contributed by atoms with van der Waals surface area (Å²) in [5, 5.41) is 3.29. The zero-order valence-electron chi connectivity index (χ0n) is 9.17. The van der Waals surface area contributed by atoms with Crippen molar-refractivity contribution in [2.45, 2.75) is 25.3 Å². The third-order valence-electron chi connectivity index (χ3n) is 3.47. The molecule has 0 radical (unpaired) electrons. The number of likely N-dealkylation sites (tertiary alicyclic amines) is 1. The largest absolute Gasteiger partial charge is 0.380 e. The second-order valence-corrected chi connectivity index (χ2v) is 4.58. The summed E-state index contributed by atoms with van der Waals surface area (Å²) in [5.74, 6) is 0.856. The van der Waals surface area contributed by atoms with Crippen LogP contribution in [0.5, 0.6) is 0 Å². The Morgan fingerprint density at radius 3 is 3.07 bits per heavy atom. The lowest BCUT2D eigenvalue weighted by Gasteiger charge is -2.36. The van der Waals surface area contributed by atoms with Crippen molar-refractivity contribution in [2.24, 2.45) is 5.92 Å². The molecule has 2 atom stereocenters. The molecule has 0 bridgehead atoms. The van der Waals surface area contributed by atoms with Crippen molar-refractivity contribution >= 4 is 0 Å². The SMILES string of the molecule is CNCC1CCCN(C2CCOC2)C1. The summed E-state index contributed by atoms with van der Waals surface area (Å²) in [7, 11) is 2.05. The minimum atomic E-state index is 0.717. The van der Waals surface area contributed by atoms with Crippen LogP contribution in [0.4, 0.5) is 0 Å². The molecule has 2 rings (SSSR count). The zero-order valence-corrected chi connectivity index (χ0v) is 9.17. The van der Waals surface area contributed by atoms with Crippen LogP contribution in [-0.4, -0.2) is 50.8 Å². The molecule has 0 amide bonds. The second kappa shape index (κ2) is 5.10. The molecule has 2 unspecified atom stereocenters. The quantitative estimate of drug-likeness (QED) is 0.723. The monoisotopic (exact) mass is 198 g/mol. The third kappa shape index (κ3) is 2.47. The van der Waals surface area contributed by atoms with Crippen molar-refractivity contribution in [2.75, 3.05) is 39.9 Å². The number of ether oxygens (including phenoxy) is 1. The van der Waals surface area contributed by atoms with Crippen LogP contribution in [0.1, 0.15) is 19.3 Å². The van der Waals surface area contributed by atoms with E-state index in [9.17, 15) is 0 Å². The number of nitrogens with one attached hydrogen (secondary N) is 1. The van der Waals surface area contributed by atoms with Gasteiger partial charge in [0.05, 0.1) is 6.61 Å². The first-order valence-electron chi connectivity index (χ1n) is 5.86. The summed E-state index contributed by atoms with van der Waals surface area (Å²) in [5.41, 5.74) is 0. The van der Waals surface area contributed by atoms with Gasteiger partial charge in [0.25, 0.3) is 0 Å². The van der Waals surface area contributed by atoms with E-state index in [4.69, 9.17) is 4.74 Å². The molecule has 3 nitrogen and oxygen atoms in total. The van der Waals surface area contributed by atoms with E-state index in [0.717, 1.165) is 25.2 Å². The Kier molecular flexibility index (Phi) is 3.79. The predicted octanol–water partition coefficient (Wildman–Crippen LogP) is 0.707. The normalized spacial score (nSPS) is 34.9. The first kappa shape index (κ1) is 10.4. The van der Waals surface area contributed by atoms with Crippen LogP contribution in [0.25, 0.3) is 0 Å². The number of hydrogen-bond donors (Lipinski definition) is 1. The Bertz CT molecular complexity index is 167. The minimum Gasteiger partial charge on any atom is -0.380 e. The summed E-state index contributed by atoms with van der Waals surface area (Å²) in [4.78, 5) is 2.64. The van der Waals surface area contributed by atoms with Gasteiger partial charge in [0, 0.05) is 19.2 Å². The number of hydrogen-bond acceptors (Lipinski definition) is 3. The Morgan fingerprint density at radius 2 is 2.36 bits per heavy atom. The predicted molar refractivity (Wildman–Crippen MR) is 57.4 cm³/mol. The Labute approximate surface area is 86.8 Å². The molecule has 82 valence electrons. The van der Waals surface area contributed by atoms with E-state index in [-0.39, 0.29) is 0 Å². The average Bonchev–Trinajstić information content (AvgIpc) is 2.71. The van der Waals surface area contributed by atoms with Crippen LogP contribution in [-0.2, 0) is 4.74 Å². The lowest BCUT2D eigenvalue weighted by Crippen LogP contribution is -2.45. The molecule has 0 spiro atoms. The van der Waals surface area contributed by atoms with Gasteiger partial charge in [0.2, 0.25) is 0 Å². The van der Waals surface area contributed by atoms with Crippen molar-refractivity contribution in [1.82, 2.24) is 10.2 Å². The highest BCUT2D eigenvalue weighted by Crippen LogP contribution is 2.21. The molecule has 0 aromatic heterocycles. The molecule has 2 saturated heterocycles. The van der Waals surface area contributed by atoms with Gasteiger partial charge in [-0.1, -0.05) is 0 Å². The maximum Gasteiger partial charge on any atom is 0.0622 e. The smallest absolute Gasteiger partial charge is 0.0622 e. The van der Waals surface area contributed by atoms with Gasteiger partial charge >= 0.3 is 0 Å². The molecule has 0 aliphatic carbocycles. The maximum atomic E-state index is 5.45. The summed E-state index contributed by atoms with van der Waals surface area (Å²) in [6.45, 7) is 5.66. The van der Waals surface area contributed by atoms with E-state index in [0.29, 0.717) is 0 Å². The van der Waals surface area contributed by atoms with Gasteiger partial charge in [-0.25, -0.2) is 0 Å². The van der Waals surface area contributed by atoms with E-state index in [1.807, 2.05) is 0 Å². The molecule has 1 N–H and O–H groups in total. The van der Waals surface area contributed by atoms with Gasteiger partial charge in [-0.15, -0.1) is 0 Å². The fraction of sp³-hybridized carbons (Fsp3) is 1.00. The molecular formula is C11H22N2O. The van der Waals surface area contributed by atoms with Gasteiger partial charge in [-0.3, -0.25) is 4.90 Å². The lowest BCUT2D eigenvalue weighted by molar-refractivity contribution is 0.103. The van der Waals surface area contributed by atoms with Gasteiger partial charge < -0.3 is 10.1 Å². The molecule has 0 saturated carbocycles. The van der Waals surface area contributed by atoms with Crippen molar-refractivity contribution in [1.29, 1.82) is 0 Å². The summed E-state index contributed by atoms with van der Waals surface area (Å²) in [6.07, 6.45) is 4.00. The molecule has 2 fully saturated rings. The summed E-state index contributed by atoms with van der Waals surface area (Å²) < 4.78 is 5.45. The molecular weight excluding hydrogens is 176 g/mol. The highest BCUT2D eigenvalue weighted by Gasteiger charge is 2.27. The van der Waals surface area contributed by atoms with E-state index < -0.39 is 0 Å². The Hall–Kier alpha value is -0.120. The maximum absolute atomic E-state index is 5.45. The lowest BCUT2D eigenvalue weighted by atomic mass is 9.96. The fourth-order valence-electron chi connectivity index (χ4n) is 2.69. The van der Waals surface area contributed by atoms with Crippen LogP contribution in [0.15, 0.2) is 0 Å². The van der Waals surface area contributed by atoms with Crippen molar-refractivity contribution in [3.8, 4) is 0 Å². The number of nitrogens with zero attached hydrogens (tertiary/aromatic N) is 1. The van der Waals surface area contributed by atoms with Crippen molar-refractivity contribution in [3.05, 3.63) is 0 Å². The molecule has 2 aliphatic heterocycles. The van der Waals surface area contributed by atoms with Crippen molar-refractivity contribution in [3.63, 3.8) is 0 Å². The molecule has 3 heteroatoms. The number of rotatable bonds is 3.